The number of carbonyl (C=O) groups is 1. The number of aromatic nitrogens is 1. The number of sulfonamides is 1. The van der Waals surface area contributed by atoms with Crippen LogP contribution in [0.5, 0.6) is 0 Å². The second kappa shape index (κ2) is 6.43. The van der Waals surface area contributed by atoms with Gasteiger partial charge in [-0.1, -0.05) is 13.0 Å². The summed E-state index contributed by atoms with van der Waals surface area (Å²) in [4.78, 5) is 16.3. The predicted octanol–water partition coefficient (Wildman–Crippen LogP) is 2.34. The summed E-state index contributed by atoms with van der Waals surface area (Å²) >= 11 is 0. The average molecular weight is 314 g/mol. The molecule has 6 nitrogen and oxygen atoms in total. The minimum absolute atomic E-state index is 0.0786. The van der Waals surface area contributed by atoms with E-state index in [9.17, 15) is 13.2 Å². The number of amides is 1. The maximum atomic E-state index is 12.1. The van der Waals surface area contributed by atoms with Crippen LogP contribution in [0.25, 0.3) is 0 Å². The van der Waals surface area contributed by atoms with Crippen molar-refractivity contribution in [1.82, 2.24) is 9.29 Å². The number of pyridine rings is 1. The Balaban J connectivity index is 3.08. The Morgan fingerprint density at radius 3 is 2.48 bits per heavy atom. The van der Waals surface area contributed by atoms with Crippen molar-refractivity contribution in [1.29, 1.82) is 0 Å². The number of carbonyl (C=O) groups excluding carboxylic acids is 1. The molecule has 0 saturated heterocycles. The summed E-state index contributed by atoms with van der Waals surface area (Å²) in [6.07, 6.45) is 2.40. The fraction of sp³-hybridized carbons (Fsp3) is 0.571. The Kier molecular flexibility index (Phi) is 5.33. The van der Waals surface area contributed by atoms with Gasteiger partial charge in [0.05, 0.1) is 12.8 Å². The van der Waals surface area contributed by atoms with Gasteiger partial charge in [-0.15, -0.1) is 0 Å². The molecule has 1 amide bonds. The topological polar surface area (TPSA) is 76.6 Å². The van der Waals surface area contributed by atoms with Gasteiger partial charge in [0.1, 0.15) is 5.60 Å². The third-order valence-electron chi connectivity index (χ3n) is 2.63. The van der Waals surface area contributed by atoms with Gasteiger partial charge in [0.2, 0.25) is 10.0 Å². The van der Waals surface area contributed by atoms with Gasteiger partial charge in [-0.05, 0) is 38.8 Å². The first-order valence-electron chi connectivity index (χ1n) is 6.68. The number of nitrogens with zero attached hydrogens (tertiary/aromatic N) is 2. The van der Waals surface area contributed by atoms with Gasteiger partial charge in [0.15, 0.2) is 0 Å². The number of rotatable bonds is 4. The molecule has 21 heavy (non-hydrogen) atoms. The largest absolute Gasteiger partial charge is 0.443 e. The molecule has 0 fully saturated rings. The molecule has 7 heteroatoms. The van der Waals surface area contributed by atoms with Crippen molar-refractivity contribution in [2.45, 2.75) is 46.3 Å². The average Bonchev–Trinajstić information content (AvgIpc) is 2.32. The van der Waals surface area contributed by atoms with Crippen molar-refractivity contribution in [3.05, 3.63) is 29.6 Å². The molecule has 0 aliphatic heterocycles. The Morgan fingerprint density at radius 2 is 2.00 bits per heavy atom. The van der Waals surface area contributed by atoms with Gasteiger partial charge in [-0.25, -0.2) is 17.5 Å². The Labute approximate surface area is 126 Å². The van der Waals surface area contributed by atoms with Crippen molar-refractivity contribution in [2.24, 2.45) is 0 Å². The second-order valence-corrected chi connectivity index (χ2v) is 7.62. The molecule has 1 aromatic heterocycles. The van der Waals surface area contributed by atoms with Crippen molar-refractivity contribution in [2.75, 3.05) is 6.26 Å². The molecule has 0 unspecified atom stereocenters. The van der Waals surface area contributed by atoms with Crippen LogP contribution in [0.15, 0.2) is 18.3 Å². The van der Waals surface area contributed by atoms with Crippen LogP contribution < -0.4 is 0 Å². The third-order valence-corrected chi connectivity index (χ3v) is 3.71. The highest BCUT2D eigenvalue weighted by Crippen LogP contribution is 2.17. The van der Waals surface area contributed by atoms with Gasteiger partial charge < -0.3 is 4.74 Å². The lowest BCUT2D eigenvalue weighted by molar-refractivity contribution is 0.0382. The monoisotopic (exact) mass is 314 g/mol. The van der Waals surface area contributed by atoms with Crippen molar-refractivity contribution >= 4 is 16.1 Å². The van der Waals surface area contributed by atoms with E-state index in [2.05, 4.69) is 4.98 Å². The van der Waals surface area contributed by atoms with Crippen LogP contribution in [0.1, 0.15) is 39.0 Å². The first kappa shape index (κ1) is 17.4. The second-order valence-electron chi connectivity index (χ2n) is 5.71. The van der Waals surface area contributed by atoms with Gasteiger partial charge in [0.25, 0.3) is 0 Å². The molecule has 0 bridgehead atoms. The molecule has 0 aliphatic rings. The van der Waals surface area contributed by atoms with E-state index in [1.54, 1.807) is 39.1 Å². The zero-order chi connectivity index (χ0) is 16.3. The maximum absolute atomic E-state index is 12.1. The summed E-state index contributed by atoms with van der Waals surface area (Å²) in [5.41, 5.74) is 0.689. The standard InChI is InChI=1S/C14H22N2O4S/c1-6-12-11(8-7-9-15-12)10-16(21(5,18)19)13(17)20-14(2,3)4/h7-9H,6,10H2,1-5H3. The highest BCUT2D eigenvalue weighted by atomic mass is 32.2. The number of hydrogen-bond acceptors (Lipinski definition) is 5. The summed E-state index contributed by atoms with van der Waals surface area (Å²) in [6.45, 7) is 6.90. The van der Waals surface area contributed by atoms with Crippen LogP contribution in [-0.4, -0.2) is 35.7 Å². The van der Waals surface area contributed by atoms with E-state index in [0.29, 0.717) is 12.0 Å². The molecule has 1 rings (SSSR count). The molecular weight excluding hydrogens is 292 g/mol. The van der Waals surface area contributed by atoms with E-state index in [4.69, 9.17) is 4.74 Å². The van der Waals surface area contributed by atoms with Gasteiger partial charge >= 0.3 is 6.09 Å². The quantitative estimate of drug-likeness (QED) is 0.852. The van der Waals surface area contributed by atoms with Crippen LogP contribution >= 0.6 is 0 Å². The number of ether oxygens (including phenoxy) is 1. The molecular formula is C14H22N2O4S. The van der Waals surface area contributed by atoms with E-state index in [0.717, 1.165) is 16.3 Å². The predicted molar refractivity (Wildman–Crippen MR) is 80.2 cm³/mol. The molecule has 0 atom stereocenters. The summed E-state index contributed by atoms with van der Waals surface area (Å²) in [7, 11) is -3.73. The van der Waals surface area contributed by atoms with E-state index >= 15 is 0 Å². The maximum Gasteiger partial charge on any atom is 0.424 e. The van der Waals surface area contributed by atoms with Crippen molar-refractivity contribution in [3.8, 4) is 0 Å². The molecule has 118 valence electrons. The van der Waals surface area contributed by atoms with Crippen molar-refractivity contribution in [3.63, 3.8) is 0 Å². The molecule has 0 saturated carbocycles. The molecule has 0 N–H and O–H groups in total. The van der Waals surface area contributed by atoms with E-state index < -0.39 is 21.7 Å². The summed E-state index contributed by atoms with van der Waals surface area (Å²) in [5, 5.41) is 0. The zero-order valence-electron chi connectivity index (χ0n) is 13.1. The van der Waals surface area contributed by atoms with Crippen LogP contribution in [0.4, 0.5) is 4.79 Å². The lowest BCUT2D eigenvalue weighted by atomic mass is 10.1. The van der Waals surface area contributed by atoms with Crippen molar-refractivity contribution < 1.29 is 17.9 Å². The van der Waals surface area contributed by atoms with Gasteiger partial charge in [-0.3, -0.25) is 4.98 Å². The smallest absolute Gasteiger partial charge is 0.424 e. The van der Waals surface area contributed by atoms with Crippen LogP contribution in [0, 0.1) is 0 Å². The molecule has 0 aromatic carbocycles. The minimum atomic E-state index is -3.73. The van der Waals surface area contributed by atoms with Crippen LogP contribution in [0.2, 0.25) is 0 Å². The number of aryl methyl sites for hydroxylation is 1. The van der Waals surface area contributed by atoms with Gasteiger partial charge in [0, 0.05) is 11.9 Å². The summed E-state index contributed by atoms with van der Waals surface area (Å²) < 4.78 is 29.6. The molecule has 1 aromatic rings. The van der Waals surface area contributed by atoms with Crippen LogP contribution in [-0.2, 0) is 27.7 Å². The first-order chi connectivity index (χ1) is 9.54. The zero-order valence-corrected chi connectivity index (χ0v) is 13.9. The summed E-state index contributed by atoms with van der Waals surface area (Å²) in [6, 6.07) is 3.47. The Hall–Kier alpha value is -1.63. The Morgan fingerprint density at radius 1 is 1.38 bits per heavy atom. The number of hydrogen-bond donors (Lipinski definition) is 0. The molecule has 0 spiro atoms. The molecule has 0 radical (unpaired) electrons. The summed E-state index contributed by atoms with van der Waals surface area (Å²) in [5.74, 6) is 0. The third kappa shape index (κ3) is 5.34. The van der Waals surface area contributed by atoms with E-state index in [1.165, 1.54) is 0 Å². The van der Waals surface area contributed by atoms with Crippen LogP contribution in [0.3, 0.4) is 0 Å². The van der Waals surface area contributed by atoms with E-state index in [-0.39, 0.29) is 6.54 Å². The Bertz CT molecular complexity index is 606. The van der Waals surface area contributed by atoms with Gasteiger partial charge in [-0.2, -0.15) is 0 Å². The normalized spacial score (nSPS) is 12.0. The molecule has 1 heterocycles. The fourth-order valence-electron chi connectivity index (χ4n) is 1.72. The SMILES string of the molecule is CCc1ncccc1CN(C(=O)OC(C)(C)C)S(C)(=O)=O. The fourth-order valence-corrected chi connectivity index (χ4v) is 2.40. The lowest BCUT2D eigenvalue weighted by Gasteiger charge is -2.26. The minimum Gasteiger partial charge on any atom is -0.443 e. The van der Waals surface area contributed by atoms with E-state index in [1.807, 2.05) is 6.92 Å². The highest BCUT2D eigenvalue weighted by molar-refractivity contribution is 7.88. The molecule has 0 aliphatic carbocycles. The highest BCUT2D eigenvalue weighted by Gasteiger charge is 2.29. The first-order valence-corrected chi connectivity index (χ1v) is 8.53. The lowest BCUT2D eigenvalue weighted by Crippen LogP contribution is -2.40.